The van der Waals surface area contributed by atoms with E-state index in [0.29, 0.717) is 18.1 Å². The zero-order valence-corrected chi connectivity index (χ0v) is 13.9. The van der Waals surface area contributed by atoms with Crippen LogP contribution in [0.3, 0.4) is 0 Å². The molecule has 0 N–H and O–H groups in total. The Morgan fingerprint density at radius 2 is 2.00 bits per heavy atom. The number of rotatable bonds is 5. The first-order valence-electron chi connectivity index (χ1n) is 8.49. The largest absolute Gasteiger partial charge is 0.491 e. The van der Waals surface area contributed by atoms with E-state index in [9.17, 15) is 9.18 Å². The smallest absolute Gasteiger partial charge is 0.172 e. The molecule has 0 saturated heterocycles. The van der Waals surface area contributed by atoms with Crippen LogP contribution >= 0.6 is 0 Å². The normalized spacial score (nSPS) is 20.6. The number of halogens is 1. The molecule has 0 spiro atoms. The van der Waals surface area contributed by atoms with Crippen molar-refractivity contribution in [1.29, 1.82) is 0 Å². The Morgan fingerprint density at radius 3 is 2.79 bits per heavy atom. The summed E-state index contributed by atoms with van der Waals surface area (Å²) >= 11 is 0. The van der Waals surface area contributed by atoms with Crippen LogP contribution in [0.4, 0.5) is 4.39 Å². The Kier molecular flexibility index (Phi) is 5.24. The maximum absolute atomic E-state index is 14.2. The number of hydrogen-bond acceptors (Lipinski definition) is 3. The first-order chi connectivity index (χ1) is 11.7. The molecule has 126 valence electrons. The Balaban J connectivity index is 1.75. The van der Waals surface area contributed by atoms with Gasteiger partial charge in [-0.15, -0.1) is 0 Å². The summed E-state index contributed by atoms with van der Waals surface area (Å²) in [6.07, 6.45) is 4.95. The molecule has 3 rings (SSSR count). The van der Waals surface area contributed by atoms with Crippen LogP contribution in [0.25, 0.3) is 0 Å². The van der Waals surface area contributed by atoms with Crippen LogP contribution in [-0.4, -0.2) is 17.9 Å². The van der Waals surface area contributed by atoms with Crippen molar-refractivity contribution in [2.24, 2.45) is 5.92 Å². The molecule has 2 atom stereocenters. The fraction of sp³-hybridized carbons (Fsp3) is 0.400. The third kappa shape index (κ3) is 3.64. The Morgan fingerprint density at radius 1 is 1.21 bits per heavy atom. The van der Waals surface area contributed by atoms with Crippen molar-refractivity contribution >= 4 is 6.29 Å². The fourth-order valence-electron chi connectivity index (χ4n) is 3.56. The van der Waals surface area contributed by atoms with Gasteiger partial charge in [0, 0.05) is 5.69 Å². The third-order valence-corrected chi connectivity index (χ3v) is 4.80. The zero-order valence-electron chi connectivity index (χ0n) is 13.9. The van der Waals surface area contributed by atoms with E-state index >= 15 is 0 Å². The summed E-state index contributed by atoms with van der Waals surface area (Å²) in [5, 5.41) is 0. The molecule has 1 saturated carbocycles. The van der Waals surface area contributed by atoms with Crippen LogP contribution < -0.4 is 4.74 Å². The highest BCUT2D eigenvalue weighted by atomic mass is 19.1. The van der Waals surface area contributed by atoms with E-state index in [2.05, 4.69) is 4.98 Å². The summed E-state index contributed by atoms with van der Waals surface area (Å²) in [6, 6.07) is 10.6. The lowest BCUT2D eigenvalue weighted by Crippen LogP contribution is -2.25. The minimum absolute atomic E-state index is 0.139. The maximum atomic E-state index is 14.2. The molecule has 4 heteroatoms. The van der Waals surface area contributed by atoms with Gasteiger partial charge in [-0.3, -0.25) is 4.79 Å². The number of aldehydes is 1. The lowest BCUT2D eigenvalue weighted by molar-refractivity contribution is 0.111. The van der Waals surface area contributed by atoms with Gasteiger partial charge in [0.25, 0.3) is 0 Å². The van der Waals surface area contributed by atoms with Gasteiger partial charge in [-0.05, 0) is 55.4 Å². The van der Waals surface area contributed by atoms with E-state index < -0.39 is 0 Å². The van der Waals surface area contributed by atoms with E-state index in [4.69, 9.17) is 4.74 Å². The zero-order chi connectivity index (χ0) is 16.9. The van der Waals surface area contributed by atoms with Gasteiger partial charge in [0.15, 0.2) is 6.29 Å². The van der Waals surface area contributed by atoms with Crippen LogP contribution in [0.15, 0.2) is 36.4 Å². The number of pyridine rings is 1. The minimum atomic E-state index is -0.139. The van der Waals surface area contributed by atoms with Crippen LogP contribution in [0, 0.1) is 18.7 Å². The first-order valence-corrected chi connectivity index (χ1v) is 8.49. The average Bonchev–Trinajstić information content (AvgIpc) is 2.61. The predicted octanol–water partition coefficient (Wildman–Crippen LogP) is 4.69. The van der Waals surface area contributed by atoms with E-state index in [-0.39, 0.29) is 17.7 Å². The molecule has 1 fully saturated rings. The van der Waals surface area contributed by atoms with Gasteiger partial charge in [-0.2, -0.15) is 0 Å². The van der Waals surface area contributed by atoms with E-state index in [0.717, 1.165) is 43.2 Å². The number of aromatic nitrogens is 1. The van der Waals surface area contributed by atoms with Gasteiger partial charge < -0.3 is 4.74 Å². The third-order valence-electron chi connectivity index (χ3n) is 4.80. The molecular formula is C20H22FNO2. The molecule has 1 aliphatic rings. The number of ether oxygens (including phenoxy) is 1. The number of hydrogen-bond donors (Lipinski definition) is 0. The van der Waals surface area contributed by atoms with Crippen LogP contribution in [0.5, 0.6) is 5.75 Å². The average molecular weight is 327 g/mol. The van der Waals surface area contributed by atoms with Crippen molar-refractivity contribution in [1.82, 2.24) is 4.98 Å². The molecule has 0 amide bonds. The van der Waals surface area contributed by atoms with Gasteiger partial charge in [0.1, 0.15) is 17.3 Å². The Bertz CT molecular complexity index is 717. The predicted molar refractivity (Wildman–Crippen MR) is 91.0 cm³/mol. The van der Waals surface area contributed by atoms with Crippen LogP contribution in [0.2, 0.25) is 0 Å². The topological polar surface area (TPSA) is 39.2 Å². The quantitative estimate of drug-likeness (QED) is 0.748. The molecule has 0 radical (unpaired) electrons. The van der Waals surface area contributed by atoms with Crippen molar-refractivity contribution in [3.8, 4) is 5.75 Å². The summed E-state index contributed by atoms with van der Waals surface area (Å²) in [5.41, 5.74) is 1.89. The van der Waals surface area contributed by atoms with Crippen LogP contribution in [0.1, 0.15) is 53.3 Å². The van der Waals surface area contributed by atoms with Crippen molar-refractivity contribution in [3.05, 3.63) is 59.2 Å². The lowest BCUT2D eigenvalue weighted by atomic mass is 9.75. The highest BCUT2D eigenvalue weighted by Gasteiger charge is 2.29. The van der Waals surface area contributed by atoms with E-state index in [1.165, 1.54) is 6.07 Å². The number of carbonyl (C=O) groups is 1. The lowest BCUT2D eigenvalue weighted by Gasteiger charge is -2.32. The van der Waals surface area contributed by atoms with Crippen LogP contribution in [-0.2, 0) is 0 Å². The summed E-state index contributed by atoms with van der Waals surface area (Å²) in [4.78, 5) is 15.4. The highest BCUT2D eigenvalue weighted by Crippen LogP contribution is 2.39. The molecule has 1 aromatic heterocycles. The minimum Gasteiger partial charge on any atom is -0.491 e. The van der Waals surface area contributed by atoms with Crippen molar-refractivity contribution in [2.75, 3.05) is 6.61 Å². The van der Waals surface area contributed by atoms with Crippen molar-refractivity contribution in [2.45, 2.75) is 38.5 Å². The molecule has 0 aliphatic heterocycles. The molecule has 0 bridgehead atoms. The van der Waals surface area contributed by atoms with Gasteiger partial charge in [0.2, 0.25) is 0 Å². The molecule has 2 unspecified atom stereocenters. The number of aryl methyl sites for hydroxylation is 1. The molecule has 2 aromatic rings. The van der Waals surface area contributed by atoms with Gasteiger partial charge in [-0.1, -0.05) is 31.0 Å². The molecule has 3 nitrogen and oxygen atoms in total. The van der Waals surface area contributed by atoms with E-state index in [1.807, 2.05) is 25.1 Å². The highest BCUT2D eigenvalue weighted by molar-refractivity contribution is 5.76. The van der Waals surface area contributed by atoms with Gasteiger partial charge >= 0.3 is 0 Å². The second kappa shape index (κ2) is 7.56. The molecule has 24 heavy (non-hydrogen) atoms. The number of benzene rings is 1. The fourth-order valence-corrected chi connectivity index (χ4v) is 3.56. The number of nitrogens with zero attached hydrogens (tertiary/aromatic N) is 1. The van der Waals surface area contributed by atoms with Crippen molar-refractivity contribution in [3.63, 3.8) is 0 Å². The summed E-state index contributed by atoms with van der Waals surface area (Å²) in [5.74, 6) is 0.780. The summed E-state index contributed by atoms with van der Waals surface area (Å²) < 4.78 is 20.1. The standard InChI is InChI=1S/C20H22FNO2/c1-14-10-11-20(19(12-23)22-14)24-13-15-6-2-3-7-16(15)17-8-4-5-9-18(17)21/h4-5,8-12,15-16H,2-3,6-7,13H2,1H3. The molecule has 1 aliphatic carbocycles. The monoisotopic (exact) mass is 327 g/mol. The molecular weight excluding hydrogens is 305 g/mol. The Hall–Kier alpha value is -2.23. The van der Waals surface area contributed by atoms with E-state index in [1.54, 1.807) is 12.1 Å². The molecule has 1 aromatic carbocycles. The van der Waals surface area contributed by atoms with Crippen molar-refractivity contribution < 1.29 is 13.9 Å². The van der Waals surface area contributed by atoms with Gasteiger partial charge in [-0.25, -0.2) is 9.37 Å². The second-order valence-electron chi connectivity index (χ2n) is 6.44. The first kappa shape index (κ1) is 16.6. The SMILES string of the molecule is Cc1ccc(OCC2CCCCC2c2ccccc2F)c(C=O)n1. The molecule has 1 heterocycles. The summed E-state index contributed by atoms with van der Waals surface area (Å²) in [6.45, 7) is 2.32. The second-order valence-corrected chi connectivity index (χ2v) is 6.44. The number of carbonyl (C=O) groups excluding carboxylic acids is 1. The van der Waals surface area contributed by atoms with Gasteiger partial charge in [0.05, 0.1) is 6.61 Å². The maximum Gasteiger partial charge on any atom is 0.172 e. The summed E-state index contributed by atoms with van der Waals surface area (Å²) in [7, 11) is 0. The Labute approximate surface area is 141 Å².